The van der Waals surface area contributed by atoms with E-state index in [0.29, 0.717) is 17.9 Å². The maximum Gasteiger partial charge on any atom is 0.127 e. The summed E-state index contributed by atoms with van der Waals surface area (Å²) in [5.41, 5.74) is 3.45. The van der Waals surface area contributed by atoms with Gasteiger partial charge in [-0.1, -0.05) is 6.07 Å². The van der Waals surface area contributed by atoms with E-state index in [-0.39, 0.29) is 5.82 Å². The summed E-state index contributed by atoms with van der Waals surface area (Å²) >= 11 is 0. The molecule has 0 spiro atoms. The lowest BCUT2D eigenvalue weighted by atomic mass is 10.1. The van der Waals surface area contributed by atoms with Gasteiger partial charge in [0.25, 0.3) is 0 Å². The number of pyridine rings is 1. The van der Waals surface area contributed by atoms with E-state index in [1.54, 1.807) is 18.2 Å². The molecule has 0 aliphatic carbocycles. The summed E-state index contributed by atoms with van der Waals surface area (Å²) in [7, 11) is 0. The SMILES string of the molecule is Cc1cc(C#N)cc(NCCc2ccc(F)cc2C)n1. The summed E-state index contributed by atoms with van der Waals surface area (Å²) in [4.78, 5) is 4.33. The highest BCUT2D eigenvalue weighted by Gasteiger charge is 2.02. The number of nitrogens with zero attached hydrogens (tertiary/aromatic N) is 2. The van der Waals surface area contributed by atoms with Crippen LogP contribution in [0.15, 0.2) is 30.3 Å². The lowest BCUT2D eigenvalue weighted by molar-refractivity contribution is 0.625. The van der Waals surface area contributed by atoms with Gasteiger partial charge in [0.15, 0.2) is 0 Å². The highest BCUT2D eigenvalue weighted by Crippen LogP contribution is 2.12. The summed E-state index contributed by atoms with van der Waals surface area (Å²) in [6.45, 7) is 4.45. The van der Waals surface area contributed by atoms with Gasteiger partial charge in [-0.15, -0.1) is 0 Å². The molecule has 4 heteroatoms. The van der Waals surface area contributed by atoms with Crippen LogP contribution in [-0.4, -0.2) is 11.5 Å². The summed E-state index contributed by atoms with van der Waals surface area (Å²) in [6.07, 6.45) is 0.781. The Labute approximate surface area is 118 Å². The van der Waals surface area contributed by atoms with E-state index < -0.39 is 0 Å². The second-order valence-electron chi connectivity index (χ2n) is 4.74. The second-order valence-corrected chi connectivity index (χ2v) is 4.74. The summed E-state index contributed by atoms with van der Waals surface area (Å²) in [5, 5.41) is 12.1. The molecule has 2 rings (SSSR count). The molecule has 102 valence electrons. The van der Waals surface area contributed by atoms with Crippen LogP contribution in [0.1, 0.15) is 22.4 Å². The molecule has 0 radical (unpaired) electrons. The Kier molecular flexibility index (Phi) is 4.31. The molecule has 0 unspecified atom stereocenters. The standard InChI is InChI=1S/C16H16FN3/c1-11-7-15(17)4-3-14(11)5-6-19-16-9-13(10-18)8-12(2)20-16/h3-4,7-9H,5-6H2,1-2H3,(H,19,20). The predicted molar refractivity (Wildman–Crippen MR) is 77.0 cm³/mol. The first-order valence-electron chi connectivity index (χ1n) is 6.46. The van der Waals surface area contributed by atoms with E-state index in [4.69, 9.17) is 5.26 Å². The quantitative estimate of drug-likeness (QED) is 0.925. The summed E-state index contributed by atoms with van der Waals surface area (Å²) in [6, 6.07) is 10.4. The van der Waals surface area contributed by atoms with Gasteiger partial charge in [-0.25, -0.2) is 9.37 Å². The van der Waals surface area contributed by atoms with Crippen LogP contribution in [0.4, 0.5) is 10.2 Å². The zero-order valence-electron chi connectivity index (χ0n) is 11.6. The van der Waals surface area contributed by atoms with E-state index in [1.807, 2.05) is 13.8 Å². The normalized spacial score (nSPS) is 10.1. The Morgan fingerprint density at radius 1 is 1.25 bits per heavy atom. The highest BCUT2D eigenvalue weighted by atomic mass is 19.1. The molecular formula is C16H16FN3. The van der Waals surface area contributed by atoms with Gasteiger partial charge in [0.2, 0.25) is 0 Å². The highest BCUT2D eigenvalue weighted by molar-refractivity contribution is 5.44. The first-order valence-corrected chi connectivity index (χ1v) is 6.46. The molecule has 3 nitrogen and oxygen atoms in total. The average molecular weight is 269 g/mol. The predicted octanol–water partition coefficient (Wildman–Crippen LogP) is 3.36. The largest absolute Gasteiger partial charge is 0.370 e. The number of rotatable bonds is 4. The maximum atomic E-state index is 13.0. The van der Waals surface area contributed by atoms with Crippen LogP contribution in [0.5, 0.6) is 0 Å². The number of halogens is 1. The molecule has 1 heterocycles. The molecular weight excluding hydrogens is 253 g/mol. The smallest absolute Gasteiger partial charge is 0.127 e. The van der Waals surface area contributed by atoms with Crippen molar-refractivity contribution in [1.82, 2.24) is 4.98 Å². The van der Waals surface area contributed by atoms with Crippen molar-refractivity contribution < 1.29 is 4.39 Å². The van der Waals surface area contributed by atoms with E-state index in [1.165, 1.54) is 12.1 Å². The van der Waals surface area contributed by atoms with Crippen molar-refractivity contribution in [1.29, 1.82) is 5.26 Å². The molecule has 0 aliphatic rings. The van der Waals surface area contributed by atoms with Crippen LogP contribution in [0.2, 0.25) is 0 Å². The van der Waals surface area contributed by atoms with Crippen LogP contribution in [0, 0.1) is 31.0 Å². The van der Waals surface area contributed by atoms with Crippen LogP contribution in [0.25, 0.3) is 0 Å². The van der Waals surface area contributed by atoms with E-state index in [0.717, 1.165) is 23.2 Å². The Morgan fingerprint density at radius 3 is 2.75 bits per heavy atom. The molecule has 0 amide bonds. The van der Waals surface area contributed by atoms with Crippen molar-refractivity contribution in [3.8, 4) is 6.07 Å². The van der Waals surface area contributed by atoms with Crippen molar-refractivity contribution in [3.05, 3.63) is 58.5 Å². The lowest BCUT2D eigenvalue weighted by Gasteiger charge is -2.09. The third kappa shape index (κ3) is 3.55. The maximum absolute atomic E-state index is 13.0. The van der Waals surface area contributed by atoms with Crippen molar-refractivity contribution >= 4 is 5.82 Å². The van der Waals surface area contributed by atoms with Crippen molar-refractivity contribution in [3.63, 3.8) is 0 Å². The van der Waals surface area contributed by atoms with Gasteiger partial charge in [0.1, 0.15) is 11.6 Å². The minimum Gasteiger partial charge on any atom is -0.370 e. The molecule has 0 saturated carbocycles. The molecule has 20 heavy (non-hydrogen) atoms. The van der Waals surface area contributed by atoms with Crippen LogP contribution in [-0.2, 0) is 6.42 Å². The number of aryl methyl sites for hydroxylation is 2. The van der Waals surface area contributed by atoms with Gasteiger partial charge in [-0.05, 0) is 55.7 Å². The first-order chi connectivity index (χ1) is 9.58. The molecule has 0 saturated heterocycles. The van der Waals surface area contributed by atoms with Gasteiger partial charge < -0.3 is 5.32 Å². The Balaban J connectivity index is 1.99. The van der Waals surface area contributed by atoms with Gasteiger partial charge >= 0.3 is 0 Å². The lowest BCUT2D eigenvalue weighted by Crippen LogP contribution is -2.08. The number of hydrogen-bond donors (Lipinski definition) is 1. The van der Waals surface area contributed by atoms with Crippen molar-refractivity contribution in [2.75, 3.05) is 11.9 Å². The minimum atomic E-state index is -0.210. The fourth-order valence-corrected chi connectivity index (χ4v) is 2.09. The molecule has 0 atom stereocenters. The third-order valence-corrected chi connectivity index (χ3v) is 3.09. The summed E-state index contributed by atoms with van der Waals surface area (Å²) < 4.78 is 13.0. The van der Waals surface area contributed by atoms with E-state index in [9.17, 15) is 4.39 Å². The Bertz CT molecular complexity index is 659. The number of hydrogen-bond acceptors (Lipinski definition) is 3. The molecule has 2 aromatic rings. The number of nitrogens with one attached hydrogen (secondary N) is 1. The zero-order chi connectivity index (χ0) is 14.5. The molecule has 0 fully saturated rings. The molecule has 1 N–H and O–H groups in total. The zero-order valence-corrected chi connectivity index (χ0v) is 11.6. The number of benzene rings is 1. The third-order valence-electron chi connectivity index (χ3n) is 3.09. The van der Waals surface area contributed by atoms with Gasteiger partial charge in [-0.3, -0.25) is 0 Å². The van der Waals surface area contributed by atoms with Crippen molar-refractivity contribution in [2.24, 2.45) is 0 Å². The fraction of sp³-hybridized carbons (Fsp3) is 0.250. The van der Waals surface area contributed by atoms with Gasteiger partial charge in [0, 0.05) is 12.2 Å². The number of anilines is 1. The van der Waals surface area contributed by atoms with Gasteiger partial charge in [0.05, 0.1) is 11.6 Å². The van der Waals surface area contributed by atoms with Gasteiger partial charge in [-0.2, -0.15) is 5.26 Å². The van der Waals surface area contributed by atoms with E-state index in [2.05, 4.69) is 16.4 Å². The van der Waals surface area contributed by atoms with Crippen LogP contribution in [0.3, 0.4) is 0 Å². The molecule has 0 aliphatic heterocycles. The first kappa shape index (κ1) is 14.0. The second kappa shape index (κ2) is 6.16. The monoisotopic (exact) mass is 269 g/mol. The van der Waals surface area contributed by atoms with Crippen LogP contribution < -0.4 is 5.32 Å². The molecule has 1 aromatic heterocycles. The van der Waals surface area contributed by atoms with Crippen LogP contribution >= 0.6 is 0 Å². The van der Waals surface area contributed by atoms with E-state index >= 15 is 0 Å². The number of aromatic nitrogens is 1. The Hall–Kier alpha value is -2.41. The Morgan fingerprint density at radius 2 is 2.05 bits per heavy atom. The fourth-order valence-electron chi connectivity index (χ4n) is 2.09. The number of nitriles is 1. The minimum absolute atomic E-state index is 0.210. The average Bonchev–Trinajstić information content (AvgIpc) is 2.40. The topological polar surface area (TPSA) is 48.7 Å². The molecule has 1 aromatic carbocycles. The summed E-state index contributed by atoms with van der Waals surface area (Å²) in [5.74, 6) is 0.486. The van der Waals surface area contributed by atoms with Crippen molar-refractivity contribution in [2.45, 2.75) is 20.3 Å². The molecule has 0 bridgehead atoms.